The van der Waals surface area contributed by atoms with Gasteiger partial charge >= 0.3 is 5.69 Å². The van der Waals surface area contributed by atoms with Crippen molar-refractivity contribution >= 4 is 5.91 Å². The van der Waals surface area contributed by atoms with Crippen LogP contribution in [0.4, 0.5) is 4.39 Å². The third kappa shape index (κ3) is 3.99. The number of piperidine rings is 2. The van der Waals surface area contributed by atoms with Gasteiger partial charge in [-0.1, -0.05) is 18.6 Å². The van der Waals surface area contributed by atoms with Crippen molar-refractivity contribution in [1.82, 2.24) is 18.9 Å². The molecule has 0 aliphatic carbocycles. The van der Waals surface area contributed by atoms with E-state index in [1.165, 1.54) is 28.0 Å². The molecule has 1 N–H and O–H groups in total. The van der Waals surface area contributed by atoms with Crippen LogP contribution in [0.1, 0.15) is 48.2 Å². The number of fused-ring (bicyclic) bond motifs is 2. The molecule has 3 aliphatic rings. The smallest absolute Gasteiger partial charge is 0.331 e. The van der Waals surface area contributed by atoms with Crippen LogP contribution in [0.2, 0.25) is 0 Å². The molecule has 2 unspecified atom stereocenters. The number of aromatic nitrogens is 2. The number of rotatable bonds is 4. The van der Waals surface area contributed by atoms with Gasteiger partial charge in [-0.2, -0.15) is 0 Å². The van der Waals surface area contributed by atoms with Crippen LogP contribution >= 0.6 is 0 Å². The zero-order valence-corrected chi connectivity index (χ0v) is 18.6. The van der Waals surface area contributed by atoms with Gasteiger partial charge in [-0.25, -0.2) is 9.18 Å². The standard InChI is InChI=1S/C24H29FN4O4/c25-18-8-6-16(7-9-18)14-27-12-13-28-20(22(27)31)21(30)23(32)29(24(28)33)15-17-4-3-11-26-10-2-1-5-19(17)26/h6-9,17,19,30H,1-5,10-15H2. The molecule has 1 aromatic heterocycles. The van der Waals surface area contributed by atoms with Crippen LogP contribution < -0.4 is 11.2 Å². The molecular formula is C24H29FN4O4. The van der Waals surface area contributed by atoms with Crippen LogP contribution in [0, 0.1) is 11.7 Å². The zero-order chi connectivity index (χ0) is 23.1. The fourth-order valence-electron chi connectivity index (χ4n) is 5.73. The number of carbonyl (C=O) groups excluding carboxylic acids is 1. The van der Waals surface area contributed by atoms with Gasteiger partial charge in [0, 0.05) is 32.2 Å². The Balaban J connectivity index is 1.43. The lowest BCUT2D eigenvalue weighted by atomic mass is 9.83. The molecule has 0 bridgehead atoms. The molecule has 0 spiro atoms. The summed E-state index contributed by atoms with van der Waals surface area (Å²) in [6.45, 7) is 3.04. The van der Waals surface area contributed by atoms with Gasteiger partial charge in [-0.3, -0.25) is 18.7 Å². The number of hydrogen-bond acceptors (Lipinski definition) is 5. The van der Waals surface area contributed by atoms with E-state index in [0.717, 1.165) is 48.9 Å². The van der Waals surface area contributed by atoms with Gasteiger partial charge in [0.15, 0.2) is 5.69 Å². The average Bonchev–Trinajstić information content (AvgIpc) is 2.83. The van der Waals surface area contributed by atoms with Gasteiger partial charge in [0.2, 0.25) is 5.75 Å². The summed E-state index contributed by atoms with van der Waals surface area (Å²) in [5.74, 6) is -1.43. The number of nitrogens with zero attached hydrogens (tertiary/aromatic N) is 4. The molecule has 0 saturated carbocycles. The second kappa shape index (κ2) is 8.78. The highest BCUT2D eigenvalue weighted by atomic mass is 19.1. The second-order valence-electron chi connectivity index (χ2n) is 9.40. The van der Waals surface area contributed by atoms with Crippen molar-refractivity contribution in [1.29, 1.82) is 0 Å². The molecule has 1 aromatic carbocycles. The molecule has 1 amide bonds. The lowest BCUT2D eigenvalue weighted by Crippen LogP contribution is -2.53. The van der Waals surface area contributed by atoms with E-state index < -0.39 is 22.9 Å². The Labute approximate surface area is 190 Å². The monoisotopic (exact) mass is 456 g/mol. The predicted octanol–water partition coefficient (Wildman–Crippen LogP) is 1.78. The summed E-state index contributed by atoms with van der Waals surface area (Å²) >= 11 is 0. The minimum absolute atomic E-state index is 0.178. The molecule has 4 heterocycles. The van der Waals surface area contributed by atoms with Gasteiger partial charge in [-0.15, -0.1) is 0 Å². The van der Waals surface area contributed by atoms with Crippen molar-refractivity contribution in [2.75, 3.05) is 19.6 Å². The number of hydrogen-bond donors (Lipinski definition) is 1. The molecule has 2 fully saturated rings. The Bertz CT molecular complexity index is 1170. The van der Waals surface area contributed by atoms with E-state index >= 15 is 0 Å². The maximum Gasteiger partial charge on any atom is 0.331 e. The highest BCUT2D eigenvalue weighted by molar-refractivity contribution is 5.95. The van der Waals surface area contributed by atoms with Gasteiger partial charge in [0.1, 0.15) is 5.82 Å². The fourth-order valence-corrected chi connectivity index (χ4v) is 5.73. The molecule has 5 rings (SSSR count). The Morgan fingerprint density at radius 3 is 2.48 bits per heavy atom. The molecule has 0 radical (unpaired) electrons. The Kier molecular flexibility index (Phi) is 5.82. The molecular weight excluding hydrogens is 427 g/mol. The quantitative estimate of drug-likeness (QED) is 0.758. The van der Waals surface area contributed by atoms with Gasteiger partial charge in [0.25, 0.3) is 11.5 Å². The SMILES string of the molecule is O=C1c2c(O)c(=O)n(CC3CCCN4CCCCC34)c(=O)n2CCN1Cc1ccc(F)cc1. The first-order valence-corrected chi connectivity index (χ1v) is 11.8. The molecule has 33 heavy (non-hydrogen) atoms. The normalized spacial score (nSPS) is 23.3. The summed E-state index contributed by atoms with van der Waals surface area (Å²) in [7, 11) is 0. The summed E-state index contributed by atoms with van der Waals surface area (Å²) in [4.78, 5) is 43.3. The van der Waals surface area contributed by atoms with Crippen LogP contribution in [-0.2, 0) is 19.6 Å². The van der Waals surface area contributed by atoms with Crippen molar-refractivity contribution < 1.29 is 14.3 Å². The summed E-state index contributed by atoms with van der Waals surface area (Å²) in [5.41, 5.74) is -0.855. The number of carbonyl (C=O) groups is 1. The lowest BCUT2D eigenvalue weighted by Gasteiger charge is -2.44. The van der Waals surface area contributed by atoms with Crippen molar-refractivity contribution in [3.05, 3.63) is 62.2 Å². The number of benzene rings is 1. The van der Waals surface area contributed by atoms with Crippen molar-refractivity contribution in [3.63, 3.8) is 0 Å². The van der Waals surface area contributed by atoms with Crippen LogP contribution in [-0.4, -0.2) is 55.6 Å². The first-order valence-electron chi connectivity index (χ1n) is 11.8. The maximum atomic E-state index is 13.3. The molecule has 176 valence electrons. The summed E-state index contributed by atoms with van der Waals surface area (Å²) in [6, 6.07) is 6.16. The van der Waals surface area contributed by atoms with Crippen LogP contribution in [0.5, 0.6) is 5.75 Å². The molecule has 2 saturated heterocycles. The van der Waals surface area contributed by atoms with Gasteiger partial charge < -0.3 is 14.9 Å². The van der Waals surface area contributed by atoms with Gasteiger partial charge in [-0.05, 0) is 62.4 Å². The second-order valence-corrected chi connectivity index (χ2v) is 9.40. The zero-order valence-electron chi connectivity index (χ0n) is 18.6. The first-order chi connectivity index (χ1) is 15.9. The van der Waals surface area contributed by atoms with Crippen molar-refractivity contribution in [2.24, 2.45) is 5.92 Å². The largest absolute Gasteiger partial charge is 0.501 e. The van der Waals surface area contributed by atoms with E-state index in [4.69, 9.17) is 0 Å². The van der Waals surface area contributed by atoms with Crippen LogP contribution in [0.3, 0.4) is 0 Å². The molecule has 2 atom stereocenters. The highest BCUT2D eigenvalue weighted by Crippen LogP contribution is 2.31. The Morgan fingerprint density at radius 1 is 0.939 bits per heavy atom. The Morgan fingerprint density at radius 2 is 1.70 bits per heavy atom. The fraction of sp³-hybridized carbons (Fsp3) is 0.542. The predicted molar refractivity (Wildman–Crippen MR) is 120 cm³/mol. The van der Waals surface area contributed by atoms with E-state index in [1.54, 1.807) is 12.1 Å². The molecule has 2 aromatic rings. The molecule has 3 aliphatic heterocycles. The lowest BCUT2D eigenvalue weighted by molar-refractivity contribution is 0.0500. The van der Waals surface area contributed by atoms with E-state index in [-0.39, 0.29) is 43.6 Å². The summed E-state index contributed by atoms with van der Waals surface area (Å²) in [5, 5.41) is 10.7. The summed E-state index contributed by atoms with van der Waals surface area (Å²) in [6.07, 6.45) is 5.38. The number of aromatic hydroxyl groups is 1. The number of halogens is 1. The van der Waals surface area contributed by atoms with Crippen LogP contribution in [0.25, 0.3) is 0 Å². The van der Waals surface area contributed by atoms with E-state index in [0.29, 0.717) is 6.04 Å². The highest BCUT2D eigenvalue weighted by Gasteiger charge is 2.36. The number of amides is 1. The maximum absolute atomic E-state index is 13.3. The first kappa shape index (κ1) is 21.9. The minimum Gasteiger partial charge on any atom is -0.501 e. The third-order valence-corrected chi connectivity index (χ3v) is 7.42. The topological polar surface area (TPSA) is 87.8 Å². The van der Waals surface area contributed by atoms with Crippen LogP contribution in [0.15, 0.2) is 33.9 Å². The third-order valence-electron chi connectivity index (χ3n) is 7.42. The van der Waals surface area contributed by atoms with Gasteiger partial charge in [0.05, 0.1) is 0 Å². The van der Waals surface area contributed by atoms with Crippen molar-refractivity contribution in [3.8, 4) is 5.75 Å². The van der Waals surface area contributed by atoms with E-state index in [9.17, 15) is 23.9 Å². The van der Waals surface area contributed by atoms with E-state index in [2.05, 4.69) is 4.90 Å². The summed E-state index contributed by atoms with van der Waals surface area (Å²) < 4.78 is 15.6. The Hall–Kier alpha value is -2.94. The van der Waals surface area contributed by atoms with Crippen molar-refractivity contribution in [2.45, 2.75) is 57.8 Å². The van der Waals surface area contributed by atoms with E-state index in [1.807, 2.05) is 0 Å². The molecule has 8 nitrogen and oxygen atoms in total. The average molecular weight is 457 g/mol. The minimum atomic E-state index is -0.795. The molecule has 9 heteroatoms.